The van der Waals surface area contributed by atoms with Crippen LogP contribution in [0.5, 0.6) is 0 Å². The number of halogens is 1. The predicted molar refractivity (Wildman–Crippen MR) is 69.9 cm³/mol. The Balaban J connectivity index is 2.74. The number of nitrogens with zero attached hydrogens (tertiary/aromatic N) is 3. The topological polar surface area (TPSA) is 121 Å². The van der Waals surface area contributed by atoms with Crippen molar-refractivity contribution in [3.63, 3.8) is 0 Å². The Bertz CT molecular complexity index is 691. The lowest BCUT2D eigenvalue weighted by molar-refractivity contribution is 0.588. The first-order chi connectivity index (χ1) is 9.01. The molecule has 0 atom stereocenters. The van der Waals surface area contributed by atoms with E-state index < -0.39 is 10.0 Å². The van der Waals surface area contributed by atoms with Gasteiger partial charge in [0, 0.05) is 5.56 Å². The Labute approximate surface area is 114 Å². The van der Waals surface area contributed by atoms with Gasteiger partial charge in [0.05, 0.1) is 5.02 Å². The van der Waals surface area contributed by atoms with E-state index in [1.807, 2.05) is 0 Å². The van der Waals surface area contributed by atoms with Gasteiger partial charge in [-0.15, -0.1) is 5.10 Å². The Morgan fingerprint density at radius 1 is 1.47 bits per heavy atom. The molecule has 3 N–H and O–H groups in total. The van der Waals surface area contributed by atoms with E-state index in [4.69, 9.17) is 11.6 Å². The number of nitrogens with one attached hydrogen (secondary N) is 2. The average Bonchev–Trinajstić information content (AvgIpc) is 2.91. The highest BCUT2D eigenvalue weighted by Gasteiger charge is 2.23. The van der Waals surface area contributed by atoms with Gasteiger partial charge in [-0.1, -0.05) is 17.7 Å². The van der Waals surface area contributed by atoms with Crippen LogP contribution in [0.25, 0.3) is 11.4 Å². The van der Waals surface area contributed by atoms with Crippen molar-refractivity contribution in [3.05, 3.63) is 17.2 Å². The monoisotopic (exact) mass is 301 g/mol. The number of tetrazole rings is 1. The Morgan fingerprint density at radius 3 is 2.74 bits per heavy atom. The number of sulfonamides is 1. The van der Waals surface area contributed by atoms with Gasteiger partial charge in [0.25, 0.3) is 0 Å². The van der Waals surface area contributed by atoms with E-state index in [-0.39, 0.29) is 28.8 Å². The number of aromatic amines is 1. The molecule has 19 heavy (non-hydrogen) atoms. The highest BCUT2D eigenvalue weighted by molar-refractivity contribution is 7.89. The summed E-state index contributed by atoms with van der Waals surface area (Å²) in [6.07, 6.45) is 0. The maximum Gasteiger partial charge on any atom is 0.305 e. The van der Waals surface area contributed by atoms with Crippen LogP contribution < -0.4 is 10.2 Å². The van der Waals surface area contributed by atoms with E-state index >= 15 is 0 Å². The molecule has 2 aromatic rings. The summed E-state index contributed by atoms with van der Waals surface area (Å²) < 4.78 is 25.8. The summed E-state index contributed by atoms with van der Waals surface area (Å²) in [5, 5.41) is 22.2. The summed E-state index contributed by atoms with van der Waals surface area (Å²) >= 11 is 6.10. The second-order valence-electron chi connectivity index (χ2n) is 3.53. The molecule has 0 bridgehead atoms. The van der Waals surface area contributed by atoms with Crippen molar-refractivity contribution >= 4 is 34.6 Å². The summed E-state index contributed by atoms with van der Waals surface area (Å²) in [6.45, 7) is 0. The maximum absolute atomic E-state index is 11.8. The van der Waals surface area contributed by atoms with Gasteiger partial charge in [0.2, 0.25) is 10.0 Å². The van der Waals surface area contributed by atoms with Crippen LogP contribution in [0.15, 0.2) is 17.0 Å². The van der Waals surface area contributed by atoms with Gasteiger partial charge < -0.3 is 5.02 Å². The Hall–Kier alpha value is -1.49. The summed E-state index contributed by atoms with van der Waals surface area (Å²) in [6, 6.07) is 2.76. The molecular formula is C8H9BClN5O3S. The SMILES string of the molecule is CNS(=O)(=O)c1ccc(BO)c(-c2nnn[nH]2)c1Cl. The number of rotatable bonds is 4. The minimum atomic E-state index is -3.71. The van der Waals surface area contributed by atoms with Crippen LogP contribution >= 0.6 is 11.6 Å². The zero-order valence-corrected chi connectivity index (χ0v) is 11.3. The molecule has 11 heteroatoms. The first-order valence-electron chi connectivity index (χ1n) is 5.11. The Kier molecular flexibility index (Phi) is 3.85. The van der Waals surface area contributed by atoms with E-state index in [0.717, 1.165) is 0 Å². The van der Waals surface area contributed by atoms with Gasteiger partial charge in [0.1, 0.15) is 4.90 Å². The smallest absolute Gasteiger partial charge is 0.305 e. The highest BCUT2D eigenvalue weighted by atomic mass is 35.5. The van der Waals surface area contributed by atoms with Gasteiger partial charge in [-0.05, 0) is 29.0 Å². The van der Waals surface area contributed by atoms with Crippen molar-refractivity contribution in [1.29, 1.82) is 0 Å². The van der Waals surface area contributed by atoms with Crippen LogP contribution in [0.4, 0.5) is 0 Å². The Morgan fingerprint density at radius 2 is 2.21 bits per heavy atom. The third kappa shape index (κ3) is 2.47. The molecule has 0 aliphatic carbocycles. The summed E-state index contributed by atoms with van der Waals surface area (Å²) in [5.74, 6) is 0.183. The van der Waals surface area contributed by atoms with E-state index in [1.54, 1.807) is 0 Å². The van der Waals surface area contributed by atoms with Crippen LogP contribution in [0.1, 0.15) is 0 Å². The fourth-order valence-corrected chi connectivity index (χ4v) is 2.95. The van der Waals surface area contributed by atoms with E-state index in [9.17, 15) is 13.4 Å². The normalized spacial score (nSPS) is 11.5. The quantitative estimate of drug-likeness (QED) is 0.585. The highest BCUT2D eigenvalue weighted by Crippen LogP contribution is 2.29. The van der Waals surface area contributed by atoms with Crippen molar-refractivity contribution < 1.29 is 13.4 Å². The van der Waals surface area contributed by atoms with Crippen molar-refractivity contribution in [2.24, 2.45) is 0 Å². The van der Waals surface area contributed by atoms with E-state index in [0.29, 0.717) is 5.46 Å². The lowest BCUT2D eigenvalue weighted by atomic mass is 9.84. The predicted octanol–water partition coefficient (Wildman–Crippen LogP) is -1.60. The van der Waals surface area contributed by atoms with Gasteiger partial charge in [-0.25, -0.2) is 18.2 Å². The third-order valence-corrected chi connectivity index (χ3v) is 4.46. The minimum absolute atomic E-state index is 0.0561. The first-order valence-corrected chi connectivity index (χ1v) is 6.97. The van der Waals surface area contributed by atoms with Crippen LogP contribution in [0, 0.1) is 0 Å². The molecule has 0 aliphatic rings. The van der Waals surface area contributed by atoms with Crippen LogP contribution in [-0.4, -0.2) is 48.6 Å². The van der Waals surface area contributed by atoms with Crippen LogP contribution in [-0.2, 0) is 10.0 Å². The largest absolute Gasteiger partial charge is 0.449 e. The van der Waals surface area contributed by atoms with E-state index in [1.165, 1.54) is 19.2 Å². The van der Waals surface area contributed by atoms with Crippen molar-refractivity contribution in [1.82, 2.24) is 25.3 Å². The van der Waals surface area contributed by atoms with Gasteiger partial charge in [-0.3, -0.25) is 0 Å². The second-order valence-corrected chi connectivity index (χ2v) is 5.76. The first kappa shape index (κ1) is 13.9. The number of benzene rings is 1. The number of H-pyrrole nitrogens is 1. The third-order valence-electron chi connectivity index (χ3n) is 2.50. The molecular weight excluding hydrogens is 292 g/mol. The van der Waals surface area contributed by atoms with Gasteiger partial charge in [-0.2, -0.15) is 0 Å². The second kappa shape index (κ2) is 5.25. The standard InChI is InChI=1S/C8H9BClN5O3S/c1-11-19(17,18)5-3-2-4(9-16)6(7(5)10)8-12-14-15-13-8/h2-3,9,11,16H,1H3,(H,12,13,14,15). The molecule has 0 spiro atoms. The maximum atomic E-state index is 11.8. The number of hydrogen-bond acceptors (Lipinski definition) is 6. The van der Waals surface area contributed by atoms with Gasteiger partial charge in [0.15, 0.2) is 5.82 Å². The number of aromatic nitrogens is 4. The zero-order valence-electron chi connectivity index (χ0n) is 9.75. The van der Waals surface area contributed by atoms with Crippen molar-refractivity contribution in [2.45, 2.75) is 4.90 Å². The van der Waals surface area contributed by atoms with Crippen LogP contribution in [0.3, 0.4) is 0 Å². The number of hydrogen-bond donors (Lipinski definition) is 3. The van der Waals surface area contributed by atoms with Crippen molar-refractivity contribution in [2.75, 3.05) is 7.05 Å². The van der Waals surface area contributed by atoms with E-state index in [2.05, 4.69) is 25.3 Å². The molecule has 0 aliphatic heterocycles. The van der Waals surface area contributed by atoms with Crippen LogP contribution in [0.2, 0.25) is 5.02 Å². The molecule has 100 valence electrons. The molecule has 0 amide bonds. The molecule has 0 fully saturated rings. The molecule has 2 rings (SSSR count). The van der Waals surface area contributed by atoms with Crippen molar-refractivity contribution in [3.8, 4) is 11.4 Å². The molecule has 0 unspecified atom stereocenters. The summed E-state index contributed by atoms with van der Waals surface area (Å²) in [7, 11) is -2.76. The molecule has 1 aromatic heterocycles. The lowest BCUT2D eigenvalue weighted by Gasteiger charge is -2.11. The molecule has 8 nitrogen and oxygen atoms in total. The summed E-state index contributed by atoms with van der Waals surface area (Å²) in [5.41, 5.74) is 0.670. The average molecular weight is 302 g/mol. The molecule has 1 heterocycles. The summed E-state index contributed by atoms with van der Waals surface area (Å²) in [4.78, 5) is -0.111. The zero-order chi connectivity index (χ0) is 14.0. The fraction of sp³-hybridized carbons (Fsp3) is 0.125. The lowest BCUT2D eigenvalue weighted by Crippen LogP contribution is -2.23. The van der Waals surface area contributed by atoms with Gasteiger partial charge >= 0.3 is 7.48 Å². The molecule has 1 aromatic carbocycles. The molecule has 0 saturated carbocycles. The molecule has 0 radical (unpaired) electrons. The molecule has 0 saturated heterocycles. The minimum Gasteiger partial charge on any atom is -0.449 e. The fourth-order valence-electron chi connectivity index (χ4n) is 1.57.